The molecule has 0 saturated heterocycles. The molecule has 1 aromatic heterocycles. The monoisotopic (exact) mass is 208 g/mol. The predicted octanol–water partition coefficient (Wildman–Crippen LogP) is 2.83. The number of nitrogens with zero attached hydrogens (tertiary/aromatic N) is 1. The van der Waals surface area contributed by atoms with Crippen LogP contribution in [-0.4, -0.2) is 18.1 Å². The van der Waals surface area contributed by atoms with Gasteiger partial charge < -0.3 is 10.1 Å². The number of hydrogen-bond donors (Lipinski definition) is 1. The maximum atomic E-state index is 5.50. The highest BCUT2D eigenvalue weighted by atomic mass is 16.5. The van der Waals surface area contributed by atoms with Gasteiger partial charge >= 0.3 is 0 Å². The van der Waals surface area contributed by atoms with Crippen LogP contribution in [0.15, 0.2) is 18.3 Å². The van der Waals surface area contributed by atoms with E-state index in [1.165, 1.54) is 6.42 Å². The maximum absolute atomic E-state index is 5.50. The molecule has 0 fully saturated rings. The second-order valence-electron chi connectivity index (χ2n) is 3.49. The maximum Gasteiger partial charge on any atom is 0.125 e. The fourth-order valence-electron chi connectivity index (χ4n) is 1.23. The number of pyridine rings is 1. The zero-order chi connectivity index (χ0) is 10.9. The van der Waals surface area contributed by atoms with Crippen molar-refractivity contribution in [3.05, 3.63) is 23.9 Å². The Morgan fingerprint density at radius 1 is 1.33 bits per heavy atom. The molecule has 0 unspecified atom stereocenters. The van der Waals surface area contributed by atoms with Gasteiger partial charge in [0, 0.05) is 19.3 Å². The zero-order valence-corrected chi connectivity index (χ0v) is 9.62. The predicted molar refractivity (Wildman–Crippen MR) is 63.0 cm³/mol. The van der Waals surface area contributed by atoms with Gasteiger partial charge in [-0.2, -0.15) is 0 Å². The Hall–Kier alpha value is -1.09. The van der Waals surface area contributed by atoms with Crippen LogP contribution in [-0.2, 0) is 11.3 Å². The normalized spacial score (nSPS) is 10.3. The summed E-state index contributed by atoms with van der Waals surface area (Å²) in [5, 5.41) is 3.16. The lowest BCUT2D eigenvalue weighted by Crippen LogP contribution is -2.00. The Morgan fingerprint density at radius 3 is 2.80 bits per heavy atom. The van der Waals surface area contributed by atoms with Crippen molar-refractivity contribution in [2.75, 3.05) is 18.5 Å². The van der Waals surface area contributed by atoms with Crippen molar-refractivity contribution >= 4 is 5.82 Å². The van der Waals surface area contributed by atoms with E-state index in [1.54, 1.807) is 0 Å². The summed E-state index contributed by atoms with van der Waals surface area (Å²) in [6.45, 7) is 6.63. The number of hydrogen-bond acceptors (Lipinski definition) is 3. The fourth-order valence-corrected chi connectivity index (χ4v) is 1.23. The summed E-state index contributed by atoms with van der Waals surface area (Å²) in [4.78, 5) is 4.28. The van der Waals surface area contributed by atoms with E-state index in [2.05, 4.69) is 30.2 Å². The lowest BCUT2D eigenvalue weighted by atomic mass is 10.3. The largest absolute Gasteiger partial charge is 0.377 e. The minimum absolute atomic E-state index is 0.666. The average molecular weight is 208 g/mol. The molecule has 1 rings (SSSR count). The van der Waals surface area contributed by atoms with Crippen LogP contribution in [0.2, 0.25) is 0 Å². The van der Waals surface area contributed by atoms with Gasteiger partial charge in [-0.15, -0.1) is 0 Å². The topological polar surface area (TPSA) is 34.1 Å². The van der Waals surface area contributed by atoms with E-state index in [1.807, 2.05) is 12.3 Å². The van der Waals surface area contributed by atoms with Crippen molar-refractivity contribution in [2.24, 2.45) is 0 Å². The van der Waals surface area contributed by atoms with Crippen LogP contribution in [0.1, 0.15) is 32.3 Å². The number of rotatable bonds is 7. The van der Waals surface area contributed by atoms with Gasteiger partial charge in [-0.05, 0) is 25.0 Å². The summed E-state index contributed by atoms with van der Waals surface area (Å²) in [6.07, 6.45) is 4.17. The van der Waals surface area contributed by atoms with E-state index in [0.29, 0.717) is 6.61 Å². The molecule has 0 atom stereocenters. The number of nitrogens with one attached hydrogen (secondary N) is 1. The molecular weight excluding hydrogens is 188 g/mol. The molecule has 0 radical (unpaired) electrons. The van der Waals surface area contributed by atoms with Crippen LogP contribution in [0, 0.1) is 0 Å². The van der Waals surface area contributed by atoms with Gasteiger partial charge in [-0.3, -0.25) is 0 Å². The first kappa shape index (κ1) is 12.0. The Kier molecular flexibility index (Phi) is 5.78. The van der Waals surface area contributed by atoms with Gasteiger partial charge in [0.05, 0.1) is 6.61 Å². The average Bonchev–Trinajstić information content (AvgIpc) is 2.27. The van der Waals surface area contributed by atoms with Crippen LogP contribution >= 0.6 is 0 Å². The molecule has 0 aliphatic rings. The first-order chi connectivity index (χ1) is 7.36. The summed E-state index contributed by atoms with van der Waals surface area (Å²) in [7, 11) is 0. The molecule has 3 nitrogen and oxygen atoms in total. The Balaban J connectivity index is 2.29. The van der Waals surface area contributed by atoms with E-state index in [4.69, 9.17) is 4.74 Å². The highest BCUT2D eigenvalue weighted by Crippen LogP contribution is 2.06. The molecule has 15 heavy (non-hydrogen) atoms. The Bertz CT molecular complexity index is 259. The van der Waals surface area contributed by atoms with Gasteiger partial charge in [-0.1, -0.05) is 19.4 Å². The van der Waals surface area contributed by atoms with Crippen molar-refractivity contribution in [1.29, 1.82) is 0 Å². The second-order valence-corrected chi connectivity index (χ2v) is 3.49. The lowest BCUT2D eigenvalue weighted by Gasteiger charge is -2.05. The molecule has 0 spiro atoms. The standard InChI is InChI=1S/C12H20N2O/c1-3-5-8-15-10-11-6-7-12(13-4-2)14-9-11/h6-7,9H,3-5,8,10H2,1-2H3,(H,13,14). The van der Waals surface area contributed by atoms with Crippen LogP contribution < -0.4 is 5.32 Å². The Labute approximate surface area is 91.9 Å². The van der Waals surface area contributed by atoms with Crippen LogP contribution in [0.3, 0.4) is 0 Å². The third-order valence-electron chi connectivity index (χ3n) is 2.09. The van der Waals surface area contributed by atoms with Crippen LogP contribution in [0.5, 0.6) is 0 Å². The van der Waals surface area contributed by atoms with Gasteiger partial charge in [0.2, 0.25) is 0 Å². The molecule has 0 saturated carbocycles. The molecule has 0 aliphatic carbocycles. The SMILES string of the molecule is CCCCOCc1ccc(NCC)nc1. The number of aromatic nitrogens is 1. The third kappa shape index (κ3) is 4.79. The minimum Gasteiger partial charge on any atom is -0.377 e. The number of unbranched alkanes of at least 4 members (excludes halogenated alkanes) is 1. The molecule has 1 heterocycles. The summed E-state index contributed by atoms with van der Waals surface area (Å²) >= 11 is 0. The van der Waals surface area contributed by atoms with E-state index < -0.39 is 0 Å². The van der Waals surface area contributed by atoms with E-state index in [-0.39, 0.29) is 0 Å². The van der Waals surface area contributed by atoms with Crippen molar-refractivity contribution < 1.29 is 4.74 Å². The first-order valence-electron chi connectivity index (χ1n) is 5.63. The molecular formula is C12H20N2O. The first-order valence-corrected chi connectivity index (χ1v) is 5.63. The quantitative estimate of drug-likeness (QED) is 0.700. The second kappa shape index (κ2) is 7.23. The van der Waals surface area contributed by atoms with Crippen molar-refractivity contribution in [3.63, 3.8) is 0 Å². The van der Waals surface area contributed by atoms with Crippen molar-refractivity contribution in [2.45, 2.75) is 33.3 Å². The molecule has 0 aromatic carbocycles. The smallest absolute Gasteiger partial charge is 0.125 e. The number of ether oxygens (including phenoxy) is 1. The highest BCUT2D eigenvalue weighted by Gasteiger charge is 1.95. The molecule has 1 N–H and O–H groups in total. The van der Waals surface area contributed by atoms with E-state index >= 15 is 0 Å². The summed E-state index contributed by atoms with van der Waals surface area (Å²) in [5.74, 6) is 0.926. The summed E-state index contributed by atoms with van der Waals surface area (Å²) < 4.78 is 5.50. The van der Waals surface area contributed by atoms with Crippen LogP contribution in [0.25, 0.3) is 0 Å². The molecule has 1 aromatic rings. The molecule has 84 valence electrons. The minimum atomic E-state index is 0.666. The fraction of sp³-hybridized carbons (Fsp3) is 0.583. The third-order valence-corrected chi connectivity index (χ3v) is 2.09. The highest BCUT2D eigenvalue weighted by molar-refractivity contribution is 5.34. The molecule has 3 heteroatoms. The summed E-state index contributed by atoms with van der Waals surface area (Å²) in [6, 6.07) is 4.04. The van der Waals surface area contributed by atoms with Crippen molar-refractivity contribution in [1.82, 2.24) is 4.98 Å². The van der Waals surface area contributed by atoms with Gasteiger partial charge in [0.1, 0.15) is 5.82 Å². The van der Waals surface area contributed by atoms with Gasteiger partial charge in [-0.25, -0.2) is 4.98 Å². The molecule has 0 amide bonds. The summed E-state index contributed by atoms with van der Waals surface area (Å²) in [5.41, 5.74) is 1.13. The van der Waals surface area contributed by atoms with Gasteiger partial charge in [0.25, 0.3) is 0 Å². The van der Waals surface area contributed by atoms with Crippen LogP contribution in [0.4, 0.5) is 5.82 Å². The zero-order valence-electron chi connectivity index (χ0n) is 9.62. The lowest BCUT2D eigenvalue weighted by molar-refractivity contribution is 0.118. The van der Waals surface area contributed by atoms with Crippen molar-refractivity contribution in [3.8, 4) is 0 Å². The Morgan fingerprint density at radius 2 is 2.20 bits per heavy atom. The van der Waals surface area contributed by atoms with E-state index in [0.717, 1.165) is 31.0 Å². The van der Waals surface area contributed by atoms with Gasteiger partial charge in [0.15, 0.2) is 0 Å². The molecule has 0 aliphatic heterocycles. The van der Waals surface area contributed by atoms with E-state index in [9.17, 15) is 0 Å². The number of anilines is 1. The molecule has 0 bridgehead atoms.